The van der Waals surface area contributed by atoms with Gasteiger partial charge in [0.25, 0.3) is 0 Å². The summed E-state index contributed by atoms with van der Waals surface area (Å²) >= 11 is 0. The Balaban J connectivity index is 4.36. The molecule has 0 fully saturated rings. The van der Waals surface area contributed by atoms with E-state index in [0.29, 0.717) is 13.1 Å². The predicted octanol–water partition coefficient (Wildman–Crippen LogP) is 0.105. The summed E-state index contributed by atoms with van der Waals surface area (Å²) in [5.41, 5.74) is 5.48. The van der Waals surface area contributed by atoms with Gasteiger partial charge in [0.2, 0.25) is 0 Å². The smallest absolute Gasteiger partial charge is 0.148 e. The van der Waals surface area contributed by atoms with Crippen molar-refractivity contribution in [3.63, 3.8) is 0 Å². The molecule has 0 aliphatic carbocycles. The SMILES string of the molecule is COC(C)(C)CC(CN)N(C)CCS(C)(=O)=O. The van der Waals surface area contributed by atoms with Gasteiger partial charge in [-0.3, -0.25) is 0 Å². The summed E-state index contributed by atoms with van der Waals surface area (Å²) in [7, 11) is 0.644. The van der Waals surface area contributed by atoms with Gasteiger partial charge >= 0.3 is 0 Å². The van der Waals surface area contributed by atoms with Gasteiger partial charge in [0, 0.05) is 32.5 Å². The predicted molar refractivity (Wildman–Crippen MR) is 70.9 cm³/mol. The second-order valence-corrected chi connectivity index (χ2v) is 7.43. The lowest BCUT2D eigenvalue weighted by Gasteiger charge is -2.33. The van der Waals surface area contributed by atoms with Crippen molar-refractivity contribution < 1.29 is 13.2 Å². The summed E-state index contributed by atoms with van der Waals surface area (Å²) in [6.45, 7) is 4.99. The van der Waals surface area contributed by atoms with Crippen LogP contribution in [0.3, 0.4) is 0 Å². The molecule has 0 aliphatic rings. The van der Waals surface area contributed by atoms with Gasteiger partial charge in [-0.15, -0.1) is 0 Å². The average Bonchev–Trinajstić information content (AvgIpc) is 2.21. The van der Waals surface area contributed by atoms with Crippen LogP contribution in [0.1, 0.15) is 20.3 Å². The van der Waals surface area contributed by atoms with Gasteiger partial charge in [-0.1, -0.05) is 0 Å². The van der Waals surface area contributed by atoms with Crippen molar-refractivity contribution in [1.82, 2.24) is 4.90 Å². The highest BCUT2D eigenvalue weighted by molar-refractivity contribution is 7.90. The standard InChI is InChI=1S/C11H26N2O3S/c1-11(2,16-4)8-10(9-12)13(3)6-7-17(5,14)15/h10H,6-9,12H2,1-5H3. The third-order valence-corrected chi connectivity index (χ3v) is 3.91. The lowest BCUT2D eigenvalue weighted by Crippen LogP contribution is -2.44. The molecule has 2 N–H and O–H groups in total. The normalized spacial score (nSPS) is 15.2. The molecule has 0 saturated heterocycles. The summed E-state index contributed by atoms with van der Waals surface area (Å²) in [6, 6.07) is 0.131. The number of rotatable bonds is 8. The van der Waals surface area contributed by atoms with E-state index in [2.05, 4.69) is 0 Å². The van der Waals surface area contributed by atoms with E-state index < -0.39 is 9.84 Å². The zero-order valence-electron chi connectivity index (χ0n) is 11.6. The van der Waals surface area contributed by atoms with Crippen molar-refractivity contribution in [1.29, 1.82) is 0 Å². The highest BCUT2D eigenvalue weighted by Gasteiger charge is 2.24. The molecule has 0 aromatic rings. The van der Waals surface area contributed by atoms with Crippen LogP contribution in [0.4, 0.5) is 0 Å². The fourth-order valence-electron chi connectivity index (χ4n) is 1.56. The third-order valence-electron chi connectivity index (χ3n) is 2.99. The van der Waals surface area contributed by atoms with Gasteiger partial charge < -0.3 is 15.4 Å². The summed E-state index contributed by atoms with van der Waals surface area (Å²) in [5.74, 6) is 0.160. The van der Waals surface area contributed by atoms with Crippen LogP contribution in [0, 0.1) is 0 Å². The molecule has 0 amide bonds. The van der Waals surface area contributed by atoms with Crippen LogP contribution in [0.2, 0.25) is 0 Å². The molecule has 0 aromatic heterocycles. The number of hydrogen-bond donors (Lipinski definition) is 1. The Morgan fingerprint density at radius 2 is 1.94 bits per heavy atom. The maximum absolute atomic E-state index is 11.1. The number of nitrogens with two attached hydrogens (primary N) is 1. The lowest BCUT2D eigenvalue weighted by molar-refractivity contribution is -0.00383. The van der Waals surface area contributed by atoms with Gasteiger partial charge in [0.15, 0.2) is 0 Å². The summed E-state index contributed by atoms with van der Waals surface area (Å²) in [6.07, 6.45) is 2.03. The van der Waals surface area contributed by atoms with E-state index in [4.69, 9.17) is 10.5 Å². The summed E-state index contributed by atoms with van der Waals surface area (Å²) < 4.78 is 27.6. The van der Waals surface area contributed by atoms with Gasteiger partial charge in [-0.05, 0) is 27.3 Å². The lowest BCUT2D eigenvalue weighted by atomic mass is 9.98. The fourth-order valence-corrected chi connectivity index (χ4v) is 2.18. The highest BCUT2D eigenvalue weighted by atomic mass is 32.2. The monoisotopic (exact) mass is 266 g/mol. The maximum Gasteiger partial charge on any atom is 0.148 e. The number of ether oxygens (including phenoxy) is 1. The van der Waals surface area contributed by atoms with Crippen molar-refractivity contribution in [3.05, 3.63) is 0 Å². The molecule has 0 heterocycles. The molecular formula is C11H26N2O3S. The molecule has 0 spiro atoms. The van der Waals surface area contributed by atoms with E-state index in [1.54, 1.807) is 7.11 Å². The Bertz CT molecular complexity index is 315. The molecule has 0 bridgehead atoms. The van der Waals surface area contributed by atoms with Crippen LogP contribution in [0.15, 0.2) is 0 Å². The van der Waals surface area contributed by atoms with Crippen LogP contribution in [-0.4, -0.2) is 64.2 Å². The largest absolute Gasteiger partial charge is 0.379 e. The first kappa shape index (κ1) is 16.8. The molecule has 0 rings (SSSR count). The van der Waals surface area contributed by atoms with Crippen LogP contribution >= 0.6 is 0 Å². The quantitative estimate of drug-likeness (QED) is 0.675. The number of likely N-dealkylation sites (N-methyl/N-ethyl adjacent to an activating group) is 1. The van der Waals surface area contributed by atoms with E-state index in [1.165, 1.54) is 6.26 Å². The van der Waals surface area contributed by atoms with Crippen molar-refractivity contribution in [2.24, 2.45) is 5.73 Å². The van der Waals surface area contributed by atoms with Crippen molar-refractivity contribution in [3.8, 4) is 0 Å². The average molecular weight is 266 g/mol. The Morgan fingerprint density at radius 1 is 1.41 bits per heavy atom. The molecule has 0 aliphatic heterocycles. The van der Waals surface area contributed by atoms with Gasteiger partial charge in [-0.2, -0.15) is 0 Å². The Kier molecular flexibility index (Phi) is 6.61. The number of nitrogens with zero attached hydrogens (tertiary/aromatic N) is 1. The Hall–Kier alpha value is -0.170. The molecule has 0 radical (unpaired) electrons. The first-order chi connectivity index (χ1) is 7.61. The topological polar surface area (TPSA) is 72.6 Å². The van der Waals surface area contributed by atoms with Crippen molar-refractivity contribution in [2.75, 3.05) is 39.3 Å². The molecule has 104 valence electrons. The van der Waals surface area contributed by atoms with Crippen LogP contribution < -0.4 is 5.73 Å². The number of methoxy groups -OCH3 is 1. The molecule has 5 nitrogen and oxygen atoms in total. The Morgan fingerprint density at radius 3 is 2.29 bits per heavy atom. The van der Waals surface area contributed by atoms with Crippen molar-refractivity contribution >= 4 is 9.84 Å². The minimum absolute atomic E-state index is 0.131. The number of sulfone groups is 1. The summed E-state index contributed by atoms with van der Waals surface area (Å²) in [5, 5.41) is 0. The van der Waals surface area contributed by atoms with Crippen molar-refractivity contribution in [2.45, 2.75) is 31.9 Å². The van der Waals surface area contributed by atoms with E-state index >= 15 is 0 Å². The molecule has 0 saturated carbocycles. The van der Waals surface area contributed by atoms with E-state index in [0.717, 1.165) is 6.42 Å². The van der Waals surface area contributed by atoms with Gasteiger partial charge in [0.05, 0.1) is 11.4 Å². The van der Waals surface area contributed by atoms with Crippen LogP contribution in [0.5, 0.6) is 0 Å². The molecule has 0 aromatic carbocycles. The molecular weight excluding hydrogens is 240 g/mol. The fraction of sp³-hybridized carbons (Fsp3) is 1.00. The second kappa shape index (κ2) is 6.68. The minimum Gasteiger partial charge on any atom is -0.379 e. The second-order valence-electron chi connectivity index (χ2n) is 5.17. The third kappa shape index (κ3) is 7.70. The minimum atomic E-state index is -2.92. The first-order valence-electron chi connectivity index (χ1n) is 5.74. The molecule has 6 heteroatoms. The zero-order valence-corrected chi connectivity index (χ0v) is 12.4. The molecule has 17 heavy (non-hydrogen) atoms. The van der Waals surface area contributed by atoms with Gasteiger partial charge in [0.1, 0.15) is 9.84 Å². The van der Waals surface area contributed by atoms with Crippen LogP contribution in [-0.2, 0) is 14.6 Å². The summed E-state index contributed by atoms with van der Waals surface area (Å²) in [4.78, 5) is 1.99. The number of hydrogen-bond acceptors (Lipinski definition) is 5. The molecule has 1 unspecified atom stereocenters. The zero-order chi connectivity index (χ0) is 13.7. The van der Waals surface area contributed by atoms with E-state index in [9.17, 15) is 8.42 Å². The maximum atomic E-state index is 11.1. The van der Waals surface area contributed by atoms with E-state index in [1.807, 2.05) is 25.8 Å². The Labute approximate surface area is 105 Å². The first-order valence-corrected chi connectivity index (χ1v) is 7.80. The molecule has 1 atom stereocenters. The van der Waals surface area contributed by atoms with E-state index in [-0.39, 0.29) is 17.4 Å². The van der Waals surface area contributed by atoms with Gasteiger partial charge in [-0.25, -0.2) is 8.42 Å². The highest BCUT2D eigenvalue weighted by Crippen LogP contribution is 2.17. The van der Waals surface area contributed by atoms with Crippen LogP contribution in [0.25, 0.3) is 0 Å².